The predicted octanol–water partition coefficient (Wildman–Crippen LogP) is 4.21. The quantitative estimate of drug-likeness (QED) is 0.637. The number of amides is 3. The van der Waals surface area contributed by atoms with Crippen LogP contribution in [0.3, 0.4) is 0 Å². The first-order chi connectivity index (χ1) is 15.8. The van der Waals surface area contributed by atoms with Gasteiger partial charge in [0, 0.05) is 35.3 Å². The molecule has 0 saturated carbocycles. The van der Waals surface area contributed by atoms with Gasteiger partial charge in [0.15, 0.2) is 0 Å². The molecule has 1 fully saturated rings. The Morgan fingerprint density at radius 1 is 1.03 bits per heavy atom. The maximum absolute atomic E-state index is 13.1. The molecule has 0 aromatic heterocycles. The van der Waals surface area contributed by atoms with Crippen LogP contribution in [0.15, 0.2) is 48.5 Å². The number of hydrogen-bond acceptors (Lipinski definition) is 3. The van der Waals surface area contributed by atoms with Crippen molar-refractivity contribution in [1.82, 2.24) is 15.5 Å². The minimum atomic E-state index is -0.654. The predicted molar refractivity (Wildman–Crippen MR) is 130 cm³/mol. The summed E-state index contributed by atoms with van der Waals surface area (Å²) in [5.41, 5.74) is 2.02. The molecule has 3 amide bonds. The molecule has 33 heavy (non-hydrogen) atoms. The molecule has 1 heterocycles. The molecule has 176 valence electrons. The third-order valence-corrected chi connectivity index (χ3v) is 6.60. The van der Waals surface area contributed by atoms with Gasteiger partial charge in [-0.25, -0.2) is 0 Å². The summed E-state index contributed by atoms with van der Waals surface area (Å²) < 4.78 is 0. The molecule has 0 spiro atoms. The van der Waals surface area contributed by atoms with Gasteiger partial charge in [-0.15, -0.1) is 0 Å². The average Bonchev–Trinajstić information content (AvgIpc) is 2.82. The van der Waals surface area contributed by atoms with Crippen LogP contribution < -0.4 is 10.6 Å². The normalized spacial score (nSPS) is 16.1. The van der Waals surface area contributed by atoms with Gasteiger partial charge in [-0.1, -0.05) is 36.7 Å². The average molecular weight is 470 g/mol. The Bertz CT molecular complexity index is 985. The van der Waals surface area contributed by atoms with Crippen LogP contribution in [-0.2, 0) is 4.79 Å². The van der Waals surface area contributed by atoms with Gasteiger partial charge < -0.3 is 15.5 Å². The van der Waals surface area contributed by atoms with E-state index in [4.69, 9.17) is 11.6 Å². The zero-order valence-corrected chi connectivity index (χ0v) is 20.2. The van der Waals surface area contributed by atoms with Crippen molar-refractivity contribution in [2.45, 2.75) is 52.1 Å². The molecule has 0 bridgehead atoms. The number of hydrogen-bond donors (Lipinski definition) is 2. The lowest BCUT2D eigenvalue weighted by Gasteiger charge is -2.36. The Hall–Kier alpha value is -2.86. The van der Waals surface area contributed by atoms with Crippen LogP contribution in [0.2, 0.25) is 5.02 Å². The summed E-state index contributed by atoms with van der Waals surface area (Å²) in [6.07, 6.45) is 2.07. The molecule has 2 aromatic rings. The summed E-state index contributed by atoms with van der Waals surface area (Å²) in [5, 5.41) is 6.59. The van der Waals surface area contributed by atoms with E-state index >= 15 is 0 Å². The molecule has 0 unspecified atom stereocenters. The monoisotopic (exact) mass is 469 g/mol. The van der Waals surface area contributed by atoms with Crippen LogP contribution >= 0.6 is 11.6 Å². The highest BCUT2D eigenvalue weighted by atomic mass is 35.5. The Morgan fingerprint density at radius 3 is 2.27 bits per heavy atom. The van der Waals surface area contributed by atoms with Crippen LogP contribution in [0.5, 0.6) is 0 Å². The summed E-state index contributed by atoms with van der Waals surface area (Å²) >= 11 is 5.93. The number of halogens is 1. The number of nitrogens with zero attached hydrogens (tertiary/aromatic N) is 1. The zero-order valence-electron chi connectivity index (χ0n) is 19.4. The van der Waals surface area contributed by atoms with Crippen molar-refractivity contribution < 1.29 is 14.4 Å². The highest BCUT2D eigenvalue weighted by Crippen LogP contribution is 2.24. The number of nitrogens with one attached hydrogen (secondary N) is 2. The maximum Gasteiger partial charge on any atom is 0.253 e. The zero-order chi connectivity index (χ0) is 24.0. The molecular formula is C26H32ClN3O3. The van der Waals surface area contributed by atoms with Crippen molar-refractivity contribution in [2.75, 3.05) is 13.1 Å². The lowest BCUT2D eigenvalue weighted by atomic mass is 9.88. The second-order valence-electron chi connectivity index (χ2n) is 8.72. The third kappa shape index (κ3) is 6.35. The topological polar surface area (TPSA) is 78.5 Å². The fourth-order valence-electron chi connectivity index (χ4n) is 4.09. The van der Waals surface area contributed by atoms with Crippen molar-refractivity contribution in [3.63, 3.8) is 0 Å². The van der Waals surface area contributed by atoms with Crippen molar-refractivity contribution >= 4 is 29.3 Å². The van der Waals surface area contributed by atoms with Gasteiger partial charge in [0.1, 0.15) is 6.04 Å². The van der Waals surface area contributed by atoms with E-state index < -0.39 is 6.04 Å². The van der Waals surface area contributed by atoms with E-state index in [1.54, 1.807) is 35.2 Å². The highest BCUT2D eigenvalue weighted by molar-refractivity contribution is 6.30. The molecule has 2 atom stereocenters. The van der Waals surface area contributed by atoms with E-state index in [0.29, 0.717) is 42.1 Å². The number of carbonyl (C=O) groups excluding carboxylic acids is 3. The largest absolute Gasteiger partial charge is 0.352 e. The van der Waals surface area contributed by atoms with Gasteiger partial charge in [-0.05, 0) is 74.9 Å². The molecule has 1 aliphatic rings. The molecule has 2 aromatic carbocycles. The molecule has 3 rings (SSSR count). The third-order valence-electron chi connectivity index (χ3n) is 6.35. The smallest absolute Gasteiger partial charge is 0.253 e. The van der Waals surface area contributed by atoms with Gasteiger partial charge in [0.2, 0.25) is 5.91 Å². The number of benzene rings is 2. The van der Waals surface area contributed by atoms with Crippen LogP contribution in [0.1, 0.15) is 59.4 Å². The van der Waals surface area contributed by atoms with Crippen LogP contribution in [0, 0.1) is 12.8 Å². The molecular weight excluding hydrogens is 438 g/mol. The van der Waals surface area contributed by atoms with Gasteiger partial charge in [0.25, 0.3) is 11.8 Å². The summed E-state index contributed by atoms with van der Waals surface area (Å²) in [6.45, 7) is 6.89. The Labute approximate surface area is 200 Å². The van der Waals surface area contributed by atoms with Crippen molar-refractivity contribution in [3.8, 4) is 0 Å². The lowest BCUT2D eigenvalue weighted by molar-refractivity contribution is -0.125. The summed E-state index contributed by atoms with van der Waals surface area (Å²) in [7, 11) is 0. The number of rotatable bonds is 7. The van der Waals surface area contributed by atoms with Crippen LogP contribution in [0.25, 0.3) is 0 Å². The highest BCUT2D eigenvalue weighted by Gasteiger charge is 2.34. The number of carbonyl (C=O) groups is 3. The Kier molecular flexibility index (Phi) is 8.50. The minimum absolute atomic E-state index is 0.0157. The van der Waals surface area contributed by atoms with Gasteiger partial charge in [0.05, 0.1) is 0 Å². The SMILES string of the molecule is CC[C@H](C)NC(=O)[C@H](NC(=O)c1ccccc1C)C1CCN(C(=O)c2ccc(Cl)cc2)CC1. The van der Waals surface area contributed by atoms with E-state index in [0.717, 1.165) is 12.0 Å². The van der Waals surface area contributed by atoms with Crippen molar-refractivity contribution in [3.05, 3.63) is 70.2 Å². The van der Waals surface area contributed by atoms with Gasteiger partial charge in [-0.2, -0.15) is 0 Å². The molecule has 6 nitrogen and oxygen atoms in total. The second-order valence-corrected chi connectivity index (χ2v) is 9.16. The minimum Gasteiger partial charge on any atom is -0.352 e. The fourth-order valence-corrected chi connectivity index (χ4v) is 4.22. The summed E-state index contributed by atoms with van der Waals surface area (Å²) in [5.74, 6) is -0.531. The summed E-state index contributed by atoms with van der Waals surface area (Å²) in [4.78, 5) is 40.7. The standard InChI is InChI=1S/C26H32ClN3O3/c1-4-18(3)28-25(32)23(29-24(31)22-8-6-5-7-17(22)2)19-13-15-30(16-14-19)26(33)20-9-11-21(27)12-10-20/h5-12,18-19,23H,4,13-16H2,1-3H3,(H,28,32)(H,29,31)/t18-,23+/m0/s1. The van der Waals surface area contributed by atoms with Crippen LogP contribution in [-0.4, -0.2) is 47.8 Å². The number of piperidine rings is 1. The van der Waals surface area contributed by atoms with E-state index in [9.17, 15) is 14.4 Å². The first-order valence-electron chi connectivity index (χ1n) is 11.5. The Balaban J connectivity index is 1.71. The van der Waals surface area contributed by atoms with Crippen molar-refractivity contribution in [2.24, 2.45) is 5.92 Å². The molecule has 0 radical (unpaired) electrons. The van der Waals surface area contributed by atoms with E-state index in [1.165, 1.54) is 0 Å². The van der Waals surface area contributed by atoms with E-state index in [1.807, 2.05) is 39.0 Å². The van der Waals surface area contributed by atoms with Gasteiger partial charge >= 0.3 is 0 Å². The van der Waals surface area contributed by atoms with Gasteiger partial charge in [-0.3, -0.25) is 14.4 Å². The van der Waals surface area contributed by atoms with Crippen LogP contribution in [0.4, 0.5) is 0 Å². The molecule has 1 aliphatic heterocycles. The van der Waals surface area contributed by atoms with Crippen molar-refractivity contribution in [1.29, 1.82) is 0 Å². The lowest BCUT2D eigenvalue weighted by Crippen LogP contribution is -2.55. The molecule has 1 saturated heterocycles. The first kappa shape index (κ1) is 24.8. The summed E-state index contributed by atoms with van der Waals surface area (Å²) in [6, 6.07) is 13.6. The second kappa shape index (κ2) is 11.3. The van der Waals surface area contributed by atoms with E-state index in [2.05, 4.69) is 10.6 Å². The number of aryl methyl sites for hydroxylation is 1. The first-order valence-corrected chi connectivity index (χ1v) is 11.9. The van der Waals surface area contributed by atoms with E-state index in [-0.39, 0.29) is 29.7 Å². The molecule has 2 N–H and O–H groups in total. The molecule has 7 heteroatoms. The fraction of sp³-hybridized carbons (Fsp3) is 0.423. The Morgan fingerprint density at radius 2 is 1.67 bits per heavy atom. The maximum atomic E-state index is 13.1. The number of likely N-dealkylation sites (tertiary alicyclic amines) is 1. The molecule has 0 aliphatic carbocycles.